The first kappa shape index (κ1) is 15.5. The van der Waals surface area contributed by atoms with Gasteiger partial charge in [0, 0.05) is 5.92 Å². The highest BCUT2D eigenvalue weighted by molar-refractivity contribution is 6.01. The number of aromatic carboxylic acids is 1. The lowest BCUT2D eigenvalue weighted by Gasteiger charge is -2.27. The first-order valence-electron chi connectivity index (χ1n) is 7.36. The van der Waals surface area contributed by atoms with Crippen molar-refractivity contribution < 1.29 is 14.7 Å². The van der Waals surface area contributed by atoms with Crippen molar-refractivity contribution in [1.82, 2.24) is 0 Å². The molecule has 0 unspecified atom stereocenters. The number of hydrogen-bond donors (Lipinski definition) is 3. The first-order chi connectivity index (χ1) is 10.0. The van der Waals surface area contributed by atoms with Crippen LogP contribution in [0.15, 0.2) is 18.2 Å². The lowest BCUT2D eigenvalue weighted by Crippen LogP contribution is -2.29. The Hall–Kier alpha value is -1.88. The molecular weight excluding hydrogens is 268 g/mol. The summed E-state index contributed by atoms with van der Waals surface area (Å²) in [6.07, 6.45) is 3.58. The molecule has 5 nitrogen and oxygen atoms in total. The summed E-state index contributed by atoms with van der Waals surface area (Å²) in [7, 11) is 0. The Bertz CT molecular complexity index is 534. The lowest BCUT2D eigenvalue weighted by molar-refractivity contribution is -0.121. The van der Waals surface area contributed by atoms with Crippen LogP contribution in [0.3, 0.4) is 0 Å². The van der Waals surface area contributed by atoms with E-state index in [4.69, 9.17) is 5.73 Å². The van der Waals surface area contributed by atoms with Crippen LogP contribution in [0.2, 0.25) is 0 Å². The number of benzene rings is 1. The quantitative estimate of drug-likeness (QED) is 0.794. The summed E-state index contributed by atoms with van der Waals surface area (Å²) in [5.41, 5.74) is 7.02. The van der Waals surface area contributed by atoms with Crippen LogP contribution in [0.5, 0.6) is 0 Å². The fourth-order valence-corrected chi connectivity index (χ4v) is 2.84. The van der Waals surface area contributed by atoms with Crippen LogP contribution in [-0.4, -0.2) is 23.5 Å². The number of amides is 1. The van der Waals surface area contributed by atoms with Gasteiger partial charge in [-0.2, -0.15) is 0 Å². The fraction of sp³-hybridized carbons (Fsp3) is 0.500. The predicted octanol–water partition coefficient (Wildman–Crippen LogP) is 2.40. The molecule has 5 heteroatoms. The van der Waals surface area contributed by atoms with Gasteiger partial charge in [0.15, 0.2) is 0 Å². The van der Waals surface area contributed by atoms with E-state index in [1.54, 1.807) is 18.2 Å². The number of carbonyl (C=O) groups excluding carboxylic acids is 1. The molecule has 0 atom stereocenters. The minimum Gasteiger partial charge on any atom is -0.478 e. The van der Waals surface area contributed by atoms with Crippen LogP contribution >= 0.6 is 0 Å². The zero-order valence-corrected chi connectivity index (χ0v) is 12.3. The van der Waals surface area contributed by atoms with Crippen molar-refractivity contribution in [2.75, 3.05) is 11.9 Å². The van der Waals surface area contributed by atoms with E-state index in [1.165, 1.54) is 0 Å². The van der Waals surface area contributed by atoms with Gasteiger partial charge in [-0.05, 0) is 57.2 Å². The van der Waals surface area contributed by atoms with Gasteiger partial charge in [-0.15, -0.1) is 0 Å². The molecule has 1 aliphatic carbocycles. The van der Waals surface area contributed by atoms with E-state index in [0.717, 1.165) is 31.2 Å². The fourth-order valence-electron chi connectivity index (χ4n) is 2.84. The Morgan fingerprint density at radius 1 is 1.29 bits per heavy atom. The maximum absolute atomic E-state index is 12.3. The molecule has 21 heavy (non-hydrogen) atoms. The van der Waals surface area contributed by atoms with Gasteiger partial charge in [0.2, 0.25) is 5.91 Å². The lowest BCUT2D eigenvalue weighted by atomic mass is 9.81. The third-order valence-electron chi connectivity index (χ3n) is 4.21. The molecule has 0 heterocycles. The van der Waals surface area contributed by atoms with E-state index in [-0.39, 0.29) is 17.4 Å². The van der Waals surface area contributed by atoms with Gasteiger partial charge in [0.05, 0.1) is 11.3 Å². The molecule has 0 bridgehead atoms. The largest absolute Gasteiger partial charge is 0.478 e. The van der Waals surface area contributed by atoms with Crippen molar-refractivity contribution in [3.63, 3.8) is 0 Å². The van der Waals surface area contributed by atoms with E-state index in [0.29, 0.717) is 18.2 Å². The average Bonchev–Trinajstić information content (AvgIpc) is 2.49. The second-order valence-electron chi connectivity index (χ2n) is 5.80. The van der Waals surface area contributed by atoms with Gasteiger partial charge in [-0.1, -0.05) is 11.6 Å². The van der Waals surface area contributed by atoms with Crippen LogP contribution in [0.25, 0.3) is 0 Å². The van der Waals surface area contributed by atoms with Crippen molar-refractivity contribution in [3.8, 4) is 0 Å². The number of nitrogens with one attached hydrogen (secondary N) is 1. The number of carbonyl (C=O) groups is 2. The Balaban J connectivity index is 2.05. The van der Waals surface area contributed by atoms with E-state index >= 15 is 0 Å². The number of aryl methyl sites for hydroxylation is 1. The minimum atomic E-state index is -1.03. The Morgan fingerprint density at radius 2 is 1.95 bits per heavy atom. The second-order valence-corrected chi connectivity index (χ2v) is 5.80. The van der Waals surface area contributed by atoms with Crippen molar-refractivity contribution in [2.45, 2.75) is 32.6 Å². The molecule has 4 N–H and O–H groups in total. The zero-order valence-electron chi connectivity index (χ0n) is 12.3. The molecule has 1 amide bonds. The number of hydrogen-bond acceptors (Lipinski definition) is 3. The minimum absolute atomic E-state index is 0.0456. The van der Waals surface area contributed by atoms with Gasteiger partial charge in [0.25, 0.3) is 0 Å². The molecule has 0 saturated heterocycles. The van der Waals surface area contributed by atoms with Crippen molar-refractivity contribution in [1.29, 1.82) is 0 Å². The van der Waals surface area contributed by atoms with Crippen LogP contribution in [0.4, 0.5) is 5.69 Å². The van der Waals surface area contributed by atoms with Gasteiger partial charge in [-0.25, -0.2) is 4.79 Å². The summed E-state index contributed by atoms with van der Waals surface area (Å²) in [4.78, 5) is 23.5. The molecule has 2 rings (SSSR count). The van der Waals surface area contributed by atoms with Crippen molar-refractivity contribution >= 4 is 17.6 Å². The van der Waals surface area contributed by atoms with Gasteiger partial charge in [0.1, 0.15) is 0 Å². The zero-order chi connectivity index (χ0) is 15.4. The number of rotatable bonds is 4. The summed E-state index contributed by atoms with van der Waals surface area (Å²) >= 11 is 0. The van der Waals surface area contributed by atoms with Crippen molar-refractivity contribution in [3.05, 3.63) is 29.3 Å². The van der Waals surface area contributed by atoms with Crippen LogP contribution < -0.4 is 11.1 Å². The maximum Gasteiger partial charge on any atom is 0.337 e. The number of anilines is 1. The van der Waals surface area contributed by atoms with E-state index < -0.39 is 5.97 Å². The van der Waals surface area contributed by atoms with Crippen LogP contribution in [-0.2, 0) is 4.79 Å². The van der Waals surface area contributed by atoms with E-state index in [1.807, 2.05) is 6.92 Å². The Labute approximate surface area is 124 Å². The van der Waals surface area contributed by atoms with E-state index in [9.17, 15) is 14.7 Å². The summed E-state index contributed by atoms with van der Waals surface area (Å²) < 4.78 is 0. The number of carboxylic acids is 1. The van der Waals surface area contributed by atoms with Gasteiger partial charge >= 0.3 is 5.97 Å². The Kier molecular flexibility index (Phi) is 4.96. The summed E-state index contributed by atoms with van der Waals surface area (Å²) in [6.45, 7) is 2.50. The molecule has 0 spiro atoms. The van der Waals surface area contributed by atoms with Gasteiger partial charge < -0.3 is 16.2 Å². The van der Waals surface area contributed by atoms with Gasteiger partial charge in [-0.3, -0.25) is 4.79 Å². The maximum atomic E-state index is 12.3. The summed E-state index contributed by atoms with van der Waals surface area (Å²) in [5, 5.41) is 12.0. The van der Waals surface area contributed by atoms with E-state index in [2.05, 4.69) is 5.32 Å². The highest BCUT2D eigenvalue weighted by Crippen LogP contribution is 2.29. The summed E-state index contributed by atoms with van der Waals surface area (Å²) in [6, 6.07) is 5.03. The number of nitrogens with two attached hydrogens (primary N) is 1. The molecule has 1 aliphatic rings. The highest BCUT2D eigenvalue weighted by Gasteiger charge is 2.26. The SMILES string of the molecule is Cc1ccc(NC(=O)C2CCC(CN)CC2)c(C(=O)O)c1. The highest BCUT2D eigenvalue weighted by atomic mass is 16.4. The van der Waals surface area contributed by atoms with Crippen molar-refractivity contribution in [2.24, 2.45) is 17.6 Å². The molecule has 0 aromatic heterocycles. The molecule has 1 aromatic carbocycles. The summed E-state index contributed by atoms with van der Waals surface area (Å²) in [5.74, 6) is -0.642. The molecule has 1 aromatic rings. The molecule has 0 aliphatic heterocycles. The normalized spacial score (nSPS) is 21.8. The standard InChI is InChI=1S/C16H22N2O3/c1-10-2-7-14(13(8-10)16(20)21)18-15(19)12-5-3-11(9-17)4-6-12/h2,7-8,11-12H,3-6,9,17H2,1H3,(H,18,19)(H,20,21). The topological polar surface area (TPSA) is 92.4 Å². The smallest absolute Gasteiger partial charge is 0.337 e. The average molecular weight is 290 g/mol. The molecule has 1 saturated carbocycles. The molecule has 114 valence electrons. The molecule has 1 fully saturated rings. The molecule has 0 radical (unpaired) electrons. The van der Waals surface area contributed by atoms with Crippen LogP contribution in [0.1, 0.15) is 41.6 Å². The second kappa shape index (κ2) is 6.72. The number of carboxylic acid groups (broad SMARTS) is 1. The molecular formula is C16H22N2O3. The monoisotopic (exact) mass is 290 g/mol. The van der Waals surface area contributed by atoms with Crippen LogP contribution in [0, 0.1) is 18.8 Å². The Morgan fingerprint density at radius 3 is 2.52 bits per heavy atom. The predicted molar refractivity (Wildman–Crippen MR) is 81.3 cm³/mol. The first-order valence-corrected chi connectivity index (χ1v) is 7.36. The third-order valence-corrected chi connectivity index (χ3v) is 4.21. The third kappa shape index (κ3) is 3.82.